The summed E-state index contributed by atoms with van der Waals surface area (Å²) in [5.41, 5.74) is 3.49. The number of aromatic nitrogens is 3. The Labute approximate surface area is 158 Å². The third-order valence-electron chi connectivity index (χ3n) is 4.27. The van der Waals surface area contributed by atoms with Crippen LogP contribution in [0.2, 0.25) is 0 Å². The van der Waals surface area contributed by atoms with Crippen LogP contribution >= 0.6 is 0 Å². The molecule has 2 aromatic carbocycles. The third kappa shape index (κ3) is 4.20. The van der Waals surface area contributed by atoms with Gasteiger partial charge in [0.25, 0.3) is 0 Å². The number of aliphatic hydroxyl groups is 1. The van der Waals surface area contributed by atoms with Crippen molar-refractivity contribution in [1.29, 1.82) is 0 Å². The van der Waals surface area contributed by atoms with Gasteiger partial charge in [0.2, 0.25) is 0 Å². The lowest BCUT2D eigenvalue weighted by Gasteiger charge is -2.12. The zero-order valence-corrected chi connectivity index (χ0v) is 15.7. The largest absolute Gasteiger partial charge is 0.497 e. The van der Waals surface area contributed by atoms with E-state index in [-0.39, 0.29) is 6.61 Å². The van der Waals surface area contributed by atoms with Crippen LogP contribution in [0.15, 0.2) is 42.5 Å². The lowest BCUT2D eigenvalue weighted by atomic mass is 10.1. The minimum atomic E-state index is -0.00463. The van der Waals surface area contributed by atoms with Crippen molar-refractivity contribution >= 4 is 0 Å². The van der Waals surface area contributed by atoms with E-state index in [4.69, 9.17) is 14.2 Å². The maximum Gasteiger partial charge on any atom is 0.123 e. The van der Waals surface area contributed by atoms with E-state index >= 15 is 0 Å². The molecule has 0 aliphatic heterocycles. The summed E-state index contributed by atoms with van der Waals surface area (Å²) in [5, 5.41) is 18.0. The topological polar surface area (TPSA) is 78.6 Å². The second-order valence-corrected chi connectivity index (χ2v) is 5.97. The van der Waals surface area contributed by atoms with Gasteiger partial charge >= 0.3 is 0 Å². The molecule has 0 aliphatic rings. The molecule has 0 saturated heterocycles. The molecule has 0 fully saturated rings. The van der Waals surface area contributed by atoms with E-state index in [1.807, 2.05) is 47.1 Å². The third-order valence-corrected chi connectivity index (χ3v) is 4.27. The average Bonchev–Trinajstić information content (AvgIpc) is 3.10. The minimum absolute atomic E-state index is 0.00463. The molecule has 0 aliphatic carbocycles. The Balaban J connectivity index is 2.03. The summed E-state index contributed by atoms with van der Waals surface area (Å²) >= 11 is 0. The molecule has 0 bridgehead atoms. The van der Waals surface area contributed by atoms with Crippen LogP contribution < -0.4 is 14.2 Å². The van der Waals surface area contributed by atoms with Crippen LogP contribution in [-0.4, -0.2) is 48.0 Å². The Bertz CT molecular complexity index is 868. The van der Waals surface area contributed by atoms with Crippen molar-refractivity contribution in [3.05, 3.63) is 53.7 Å². The Kier molecular flexibility index (Phi) is 5.93. The van der Waals surface area contributed by atoms with Gasteiger partial charge in [-0.25, -0.2) is 4.68 Å². The second kappa shape index (κ2) is 8.55. The number of ether oxygens (including phenoxy) is 3. The van der Waals surface area contributed by atoms with Gasteiger partial charge in [-0.1, -0.05) is 17.3 Å². The molecule has 0 radical (unpaired) electrons. The van der Waals surface area contributed by atoms with Crippen LogP contribution in [-0.2, 0) is 13.0 Å². The van der Waals surface area contributed by atoms with Crippen LogP contribution in [0, 0.1) is 0 Å². The van der Waals surface area contributed by atoms with Gasteiger partial charge in [-0.3, -0.25) is 0 Å². The van der Waals surface area contributed by atoms with Crippen molar-refractivity contribution in [2.45, 2.75) is 13.0 Å². The lowest BCUT2D eigenvalue weighted by Crippen LogP contribution is -2.05. The Morgan fingerprint density at radius 1 is 0.889 bits per heavy atom. The molecule has 0 saturated carbocycles. The highest BCUT2D eigenvalue weighted by molar-refractivity contribution is 5.66. The summed E-state index contributed by atoms with van der Waals surface area (Å²) in [6, 6.07) is 13.4. The molecule has 0 unspecified atom stereocenters. The van der Waals surface area contributed by atoms with E-state index in [1.165, 1.54) is 0 Å². The molecule has 7 nitrogen and oxygen atoms in total. The van der Waals surface area contributed by atoms with Gasteiger partial charge < -0.3 is 19.3 Å². The van der Waals surface area contributed by atoms with Crippen molar-refractivity contribution in [3.63, 3.8) is 0 Å². The zero-order valence-electron chi connectivity index (χ0n) is 15.7. The molecular weight excluding hydrogens is 346 g/mol. The summed E-state index contributed by atoms with van der Waals surface area (Å²) in [6.07, 6.45) is 0.414. The van der Waals surface area contributed by atoms with Crippen LogP contribution in [0.4, 0.5) is 0 Å². The van der Waals surface area contributed by atoms with Crippen LogP contribution in [0.25, 0.3) is 11.3 Å². The standard InChI is InChI=1S/C20H23N3O4/c1-25-16-6-4-14(5-7-16)13-23-20(19(8-9-24)21-22-23)15-10-17(26-2)12-18(11-15)27-3/h4-7,10-12,24H,8-9,13H2,1-3H3. The summed E-state index contributed by atoms with van der Waals surface area (Å²) in [7, 11) is 4.86. The molecule has 0 atom stereocenters. The molecule has 27 heavy (non-hydrogen) atoms. The molecule has 7 heteroatoms. The SMILES string of the molecule is COc1ccc(Cn2nnc(CCO)c2-c2cc(OC)cc(OC)c2)cc1. The Hall–Kier alpha value is -3.06. The first-order valence-corrected chi connectivity index (χ1v) is 8.58. The van der Waals surface area contributed by atoms with Crippen LogP contribution in [0.3, 0.4) is 0 Å². The molecule has 1 heterocycles. The van der Waals surface area contributed by atoms with Gasteiger partial charge in [-0.05, 0) is 29.8 Å². The highest BCUT2D eigenvalue weighted by Gasteiger charge is 2.17. The molecule has 1 aromatic heterocycles. The van der Waals surface area contributed by atoms with Crippen molar-refractivity contribution in [3.8, 4) is 28.5 Å². The fraction of sp³-hybridized carbons (Fsp3) is 0.300. The van der Waals surface area contributed by atoms with E-state index < -0.39 is 0 Å². The first-order valence-electron chi connectivity index (χ1n) is 8.58. The van der Waals surface area contributed by atoms with Crippen molar-refractivity contribution in [1.82, 2.24) is 15.0 Å². The smallest absolute Gasteiger partial charge is 0.123 e. The quantitative estimate of drug-likeness (QED) is 0.657. The fourth-order valence-corrected chi connectivity index (χ4v) is 2.90. The van der Waals surface area contributed by atoms with E-state index in [0.717, 1.165) is 28.3 Å². The van der Waals surface area contributed by atoms with Gasteiger partial charge in [0.05, 0.1) is 39.3 Å². The molecule has 0 spiro atoms. The van der Waals surface area contributed by atoms with Crippen molar-refractivity contribution in [2.75, 3.05) is 27.9 Å². The van der Waals surface area contributed by atoms with Crippen molar-refractivity contribution in [2.24, 2.45) is 0 Å². The monoisotopic (exact) mass is 369 g/mol. The molecule has 3 aromatic rings. The van der Waals surface area contributed by atoms with E-state index in [2.05, 4.69) is 10.3 Å². The maximum absolute atomic E-state index is 9.41. The number of rotatable bonds is 8. The van der Waals surface area contributed by atoms with Crippen molar-refractivity contribution < 1.29 is 19.3 Å². The minimum Gasteiger partial charge on any atom is -0.497 e. The molecular formula is C20H23N3O4. The molecule has 1 N–H and O–H groups in total. The average molecular weight is 369 g/mol. The Morgan fingerprint density at radius 3 is 2.07 bits per heavy atom. The van der Waals surface area contributed by atoms with Gasteiger partial charge in [0.15, 0.2) is 0 Å². The number of benzene rings is 2. The number of aliphatic hydroxyl groups excluding tert-OH is 1. The summed E-state index contributed by atoms with van der Waals surface area (Å²) < 4.78 is 17.8. The van der Waals surface area contributed by atoms with E-state index in [1.54, 1.807) is 21.3 Å². The summed E-state index contributed by atoms with van der Waals surface area (Å²) in [5.74, 6) is 2.16. The normalized spacial score (nSPS) is 10.7. The summed E-state index contributed by atoms with van der Waals surface area (Å²) in [6.45, 7) is 0.534. The predicted molar refractivity (Wildman–Crippen MR) is 101 cm³/mol. The number of hydrogen-bond donors (Lipinski definition) is 1. The van der Waals surface area contributed by atoms with Gasteiger partial charge in [0, 0.05) is 24.7 Å². The molecule has 142 valence electrons. The second-order valence-electron chi connectivity index (χ2n) is 5.97. The summed E-state index contributed by atoms with van der Waals surface area (Å²) in [4.78, 5) is 0. The van der Waals surface area contributed by atoms with E-state index in [9.17, 15) is 5.11 Å². The fourth-order valence-electron chi connectivity index (χ4n) is 2.90. The van der Waals surface area contributed by atoms with E-state index in [0.29, 0.717) is 24.5 Å². The highest BCUT2D eigenvalue weighted by Crippen LogP contribution is 2.31. The number of hydrogen-bond acceptors (Lipinski definition) is 6. The molecule has 3 rings (SSSR count). The van der Waals surface area contributed by atoms with Gasteiger partial charge in [-0.15, -0.1) is 5.10 Å². The zero-order chi connectivity index (χ0) is 19.2. The Morgan fingerprint density at radius 2 is 1.52 bits per heavy atom. The van der Waals surface area contributed by atoms with Gasteiger partial charge in [-0.2, -0.15) is 0 Å². The first-order chi connectivity index (χ1) is 13.2. The number of methoxy groups -OCH3 is 3. The van der Waals surface area contributed by atoms with Crippen LogP contribution in [0.5, 0.6) is 17.2 Å². The molecule has 0 amide bonds. The first kappa shape index (κ1) is 18.7. The maximum atomic E-state index is 9.41. The predicted octanol–water partition coefficient (Wildman–Crippen LogP) is 2.55. The number of nitrogens with zero attached hydrogens (tertiary/aromatic N) is 3. The highest BCUT2D eigenvalue weighted by atomic mass is 16.5. The van der Waals surface area contributed by atoms with Gasteiger partial charge in [0.1, 0.15) is 17.2 Å². The van der Waals surface area contributed by atoms with Crippen LogP contribution in [0.1, 0.15) is 11.3 Å². The lowest BCUT2D eigenvalue weighted by molar-refractivity contribution is 0.298.